The standard InChI is InChI=1S/C6H13NO3S/c1-9-6-2-4-7(5-3-6)11-10-8/h6,8H,2-5H2,1H3. The SMILES string of the molecule is COC1CCN(SOO)CC1. The Morgan fingerprint density at radius 3 is 2.55 bits per heavy atom. The zero-order valence-corrected chi connectivity index (χ0v) is 7.34. The van der Waals surface area contributed by atoms with E-state index in [9.17, 15) is 0 Å². The molecule has 4 nitrogen and oxygen atoms in total. The first-order chi connectivity index (χ1) is 5.36. The third-order valence-corrected chi connectivity index (χ3v) is 2.52. The Labute approximate surface area is 70.7 Å². The van der Waals surface area contributed by atoms with Crippen LogP contribution in [0.2, 0.25) is 0 Å². The summed E-state index contributed by atoms with van der Waals surface area (Å²) >= 11 is 0.998. The van der Waals surface area contributed by atoms with Crippen LogP contribution in [0.4, 0.5) is 0 Å². The van der Waals surface area contributed by atoms with Gasteiger partial charge < -0.3 is 4.74 Å². The predicted molar refractivity (Wildman–Crippen MR) is 42.9 cm³/mol. The second-order valence-corrected chi connectivity index (χ2v) is 3.33. The molecule has 0 radical (unpaired) electrons. The molecule has 1 saturated heterocycles. The lowest BCUT2D eigenvalue weighted by Crippen LogP contribution is -2.32. The Balaban J connectivity index is 2.14. The van der Waals surface area contributed by atoms with E-state index >= 15 is 0 Å². The van der Waals surface area contributed by atoms with Crippen LogP contribution < -0.4 is 0 Å². The first-order valence-corrected chi connectivity index (χ1v) is 4.32. The molecule has 11 heavy (non-hydrogen) atoms. The fraction of sp³-hybridized carbons (Fsp3) is 1.00. The molecular formula is C6H13NO3S. The summed E-state index contributed by atoms with van der Waals surface area (Å²) in [5, 5.41) is 8.13. The molecule has 0 atom stereocenters. The molecule has 66 valence electrons. The van der Waals surface area contributed by atoms with E-state index in [0.29, 0.717) is 6.10 Å². The zero-order chi connectivity index (χ0) is 8.10. The number of hydrogen-bond acceptors (Lipinski definition) is 5. The van der Waals surface area contributed by atoms with Crippen molar-refractivity contribution in [1.29, 1.82) is 0 Å². The zero-order valence-electron chi connectivity index (χ0n) is 6.52. The summed E-state index contributed by atoms with van der Waals surface area (Å²) in [7, 11) is 1.73. The molecule has 1 aliphatic rings. The van der Waals surface area contributed by atoms with Crippen molar-refractivity contribution < 1.29 is 14.3 Å². The quantitative estimate of drug-likeness (QED) is 0.304. The van der Waals surface area contributed by atoms with Crippen LogP contribution in [0.25, 0.3) is 0 Å². The summed E-state index contributed by atoms with van der Waals surface area (Å²) in [5.74, 6) is 0. The van der Waals surface area contributed by atoms with E-state index in [1.54, 1.807) is 7.11 Å². The molecule has 1 aliphatic heterocycles. The normalized spacial score (nSPS) is 22.4. The fourth-order valence-corrected chi connectivity index (χ4v) is 1.64. The summed E-state index contributed by atoms with van der Waals surface area (Å²) in [4.78, 5) is 0. The van der Waals surface area contributed by atoms with Crippen LogP contribution in [0.5, 0.6) is 0 Å². The minimum absolute atomic E-state index is 0.380. The van der Waals surface area contributed by atoms with Crippen LogP contribution >= 0.6 is 12.2 Å². The average molecular weight is 179 g/mol. The summed E-state index contributed by atoms with van der Waals surface area (Å²) in [6.07, 6.45) is 2.39. The molecule has 0 aromatic carbocycles. The van der Waals surface area contributed by atoms with Crippen LogP contribution in [0.3, 0.4) is 0 Å². The van der Waals surface area contributed by atoms with Crippen molar-refractivity contribution in [1.82, 2.24) is 4.31 Å². The summed E-state index contributed by atoms with van der Waals surface area (Å²) in [6.45, 7) is 1.81. The van der Waals surface area contributed by atoms with Gasteiger partial charge in [-0.25, -0.2) is 9.56 Å². The Bertz CT molecular complexity index is 106. The Hall–Kier alpha value is 0.190. The fourth-order valence-electron chi connectivity index (χ4n) is 1.19. The van der Waals surface area contributed by atoms with Gasteiger partial charge in [0.25, 0.3) is 0 Å². The smallest absolute Gasteiger partial charge is 0.120 e. The highest BCUT2D eigenvalue weighted by molar-refractivity contribution is 7.92. The van der Waals surface area contributed by atoms with Crippen molar-refractivity contribution in [2.45, 2.75) is 18.9 Å². The van der Waals surface area contributed by atoms with E-state index in [0.717, 1.165) is 38.2 Å². The maximum absolute atomic E-state index is 8.13. The van der Waals surface area contributed by atoms with Gasteiger partial charge in [0, 0.05) is 20.2 Å². The van der Waals surface area contributed by atoms with Gasteiger partial charge in [0.1, 0.15) is 12.2 Å². The van der Waals surface area contributed by atoms with Crippen molar-refractivity contribution in [3.63, 3.8) is 0 Å². The molecule has 0 unspecified atom stereocenters. The summed E-state index contributed by atoms with van der Waals surface area (Å²) < 4.78 is 11.1. The summed E-state index contributed by atoms with van der Waals surface area (Å²) in [5.41, 5.74) is 0. The van der Waals surface area contributed by atoms with Gasteiger partial charge >= 0.3 is 0 Å². The van der Waals surface area contributed by atoms with Gasteiger partial charge in [0.05, 0.1) is 6.10 Å². The second kappa shape index (κ2) is 4.95. The minimum atomic E-state index is 0.380. The van der Waals surface area contributed by atoms with E-state index in [1.165, 1.54) is 0 Å². The predicted octanol–water partition coefficient (Wildman–Crippen LogP) is 1.15. The monoisotopic (exact) mass is 179 g/mol. The maximum Gasteiger partial charge on any atom is 0.120 e. The number of methoxy groups -OCH3 is 1. The van der Waals surface area contributed by atoms with Crippen LogP contribution in [-0.2, 0) is 9.07 Å². The number of ether oxygens (including phenoxy) is 1. The Kier molecular flexibility index (Phi) is 4.17. The third-order valence-electron chi connectivity index (χ3n) is 1.87. The lowest BCUT2D eigenvalue weighted by Gasteiger charge is -2.28. The number of nitrogens with zero attached hydrogens (tertiary/aromatic N) is 1. The van der Waals surface area contributed by atoms with Crippen LogP contribution in [0.15, 0.2) is 0 Å². The Morgan fingerprint density at radius 1 is 1.45 bits per heavy atom. The molecular weight excluding hydrogens is 166 g/mol. The lowest BCUT2D eigenvalue weighted by molar-refractivity contribution is -0.121. The molecule has 1 N–H and O–H groups in total. The molecule has 5 heteroatoms. The van der Waals surface area contributed by atoms with Gasteiger partial charge in [0.15, 0.2) is 0 Å². The number of piperidine rings is 1. The van der Waals surface area contributed by atoms with E-state index < -0.39 is 0 Å². The maximum atomic E-state index is 8.13. The lowest BCUT2D eigenvalue weighted by atomic mass is 10.1. The summed E-state index contributed by atoms with van der Waals surface area (Å²) in [6, 6.07) is 0. The van der Waals surface area contributed by atoms with Gasteiger partial charge in [0.2, 0.25) is 0 Å². The second-order valence-electron chi connectivity index (χ2n) is 2.51. The van der Waals surface area contributed by atoms with E-state index in [4.69, 9.17) is 9.99 Å². The molecule has 0 aromatic heterocycles. The number of rotatable bonds is 3. The highest BCUT2D eigenvalue weighted by Crippen LogP contribution is 2.19. The van der Waals surface area contributed by atoms with E-state index in [2.05, 4.69) is 4.33 Å². The van der Waals surface area contributed by atoms with Crippen molar-refractivity contribution in [3.05, 3.63) is 0 Å². The van der Waals surface area contributed by atoms with Crippen molar-refractivity contribution in [2.75, 3.05) is 20.2 Å². The van der Waals surface area contributed by atoms with Crippen molar-refractivity contribution in [3.8, 4) is 0 Å². The van der Waals surface area contributed by atoms with Crippen LogP contribution in [0, 0.1) is 0 Å². The molecule has 1 rings (SSSR count). The van der Waals surface area contributed by atoms with Crippen LogP contribution in [0.1, 0.15) is 12.8 Å². The van der Waals surface area contributed by atoms with E-state index in [1.807, 2.05) is 4.31 Å². The first kappa shape index (κ1) is 9.28. The molecule has 0 spiro atoms. The average Bonchev–Trinajstić information content (AvgIpc) is 2.07. The molecule has 1 fully saturated rings. The molecule has 0 amide bonds. The minimum Gasteiger partial charge on any atom is -0.381 e. The Morgan fingerprint density at radius 2 is 2.09 bits per heavy atom. The molecule has 0 saturated carbocycles. The van der Waals surface area contributed by atoms with Crippen LogP contribution in [-0.4, -0.2) is 35.9 Å². The molecule has 0 aromatic rings. The molecule has 1 heterocycles. The highest BCUT2D eigenvalue weighted by atomic mass is 32.2. The number of hydrogen-bond donors (Lipinski definition) is 1. The van der Waals surface area contributed by atoms with Gasteiger partial charge in [-0.3, -0.25) is 0 Å². The van der Waals surface area contributed by atoms with Gasteiger partial charge in [-0.15, -0.1) is 4.33 Å². The molecule has 0 aliphatic carbocycles. The third kappa shape index (κ3) is 2.96. The van der Waals surface area contributed by atoms with Crippen molar-refractivity contribution in [2.24, 2.45) is 0 Å². The first-order valence-electron chi connectivity index (χ1n) is 3.62. The molecule has 0 bridgehead atoms. The topological polar surface area (TPSA) is 41.9 Å². The highest BCUT2D eigenvalue weighted by Gasteiger charge is 2.19. The van der Waals surface area contributed by atoms with Gasteiger partial charge in [-0.1, -0.05) is 0 Å². The van der Waals surface area contributed by atoms with E-state index in [-0.39, 0.29) is 0 Å². The van der Waals surface area contributed by atoms with Gasteiger partial charge in [-0.05, 0) is 12.8 Å². The largest absolute Gasteiger partial charge is 0.381 e. The van der Waals surface area contributed by atoms with Gasteiger partial charge in [-0.2, -0.15) is 0 Å². The van der Waals surface area contributed by atoms with Crippen molar-refractivity contribution >= 4 is 12.2 Å².